The van der Waals surface area contributed by atoms with Crippen molar-refractivity contribution in [3.05, 3.63) is 29.6 Å². The van der Waals surface area contributed by atoms with E-state index in [1.807, 2.05) is 11.9 Å². The number of benzene rings is 1. The smallest absolute Gasteiger partial charge is 0.146 e. The van der Waals surface area contributed by atoms with E-state index in [-0.39, 0.29) is 12.4 Å². The molecule has 0 aliphatic carbocycles. The molecule has 0 aliphatic rings. The van der Waals surface area contributed by atoms with Gasteiger partial charge < -0.3 is 10.0 Å². The zero-order chi connectivity index (χ0) is 13.0. The van der Waals surface area contributed by atoms with Gasteiger partial charge in [-0.2, -0.15) is 0 Å². The maximum atomic E-state index is 13.8. The summed E-state index contributed by atoms with van der Waals surface area (Å²) < 4.78 is 13.8. The lowest BCUT2D eigenvalue weighted by molar-refractivity contribution is 0.281. The van der Waals surface area contributed by atoms with Crippen LogP contribution >= 0.6 is 0 Å². The summed E-state index contributed by atoms with van der Waals surface area (Å²) >= 11 is 0. The summed E-state index contributed by atoms with van der Waals surface area (Å²) in [7, 11) is 1.91. The van der Waals surface area contributed by atoms with Crippen LogP contribution in [0.4, 0.5) is 10.1 Å². The van der Waals surface area contributed by atoms with Crippen molar-refractivity contribution < 1.29 is 9.50 Å². The molecule has 0 saturated carbocycles. The second-order valence-electron chi connectivity index (χ2n) is 5.03. The number of aliphatic hydroxyl groups is 1. The van der Waals surface area contributed by atoms with Gasteiger partial charge in [0.1, 0.15) is 5.82 Å². The Balaban J connectivity index is 2.84. The number of nitrogens with zero attached hydrogens (tertiary/aromatic N) is 1. The molecule has 96 valence electrons. The van der Waals surface area contributed by atoms with Crippen molar-refractivity contribution in [2.24, 2.45) is 5.92 Å². The fraction of sp³-hybridized carbons (Fsp3) is 0.571. The van der Waals surface area contributed by atoms with Gasteiger partial charge in [-0.15, -0.1) is 0 Å². The van der Waals surface area contributed by atoms with E-state index in [2.05, 4.69) is 20.8 Å². The fourth-order valence-corrected chi connectivity index (χ4v) is 2.01. The van der Waals surface area contributed by atoms with Crippen LogP contribution < -0.4 is 4.90 Å². The first-order chi connectivity index (χ1) is 7.95. The van der Waals surface area contributed by atoms with E-state index < -0.39 is 0 Å². The van der Waals surface area contributed by atoms with Crippen molar-refractivity contribution >= 4 is 5.69 Å². The highest BCUT2D eigenvalue weighted by molar-refractivity contribution is 5.49. The van der Waals surface area contributed by atoms with Crippen LogP contribution in [0.15, 0.2) is 18.2 Å². The van der Waals surface area contributed by atoms with Crippen LogP contribution in [0.1, 0.15) is 32.8 Å². The van der Waals surface area contributed by atoms with Crippen molar-refractivity contribution in [3.8, 4) is 0 Å². The quantitative estimate of drug-likeness (QED) is 0.853. The van der Waals surface area contributed by atoms with E-state index in [0.29, 0.717) is 23.2 Å². The standard InChI is InChI=1S/C14H22FNO/c1-10(2)7-11(3)16(4)14-6-5-12(9-17)8-13(14)15/h5-6,8,10-11,17H,7,9H2,1-4H3. The van der Waals surface area contributed by atoms with Gasteiger partial charge in [-0.25, -0.2) is 4.39 Å². The lowest BCUT2D eigenvalue weighted by Crippen LogP contribution is -2.30. The topological polar surface area (TPSA) is 23.5 Å². The Morgan fingerprint density at radius 3 is 2.41 bits per heavy atom. The van der Waals surface area contributed by atoms with Gasteiger partial charge in [0.05, 0.1) is 12.3 Å². The average molecular weight is 239 g/mol. The zero-order valence-corrected chi connectivity index (χ0v) is 11.1. The monoisotopic (exact) mass is 239 g/mol. The van der Waals surface area contributed by atoms with Gasteiger partial charge in [-0.05, 0) is 37.0 Å². The molecule has 1 rings (SSSR count). The molecule has 3 heteroatoms. The van der Waals surface area contributed by atoms with Crippen molar-refractivity contribution in [3.63, 3.8) is 0 Å². The zero-order valence-electron chi connectivity index (χ0n) is 11.1. The first kappa shape index (κ1) is 14.0. The van der Waals surface area contributed by atoms with Crippen molar-refractivity contribution in [1.29, 1.82) is 0 Å². The van der Waals surface area contributed by atoms with E-state index in [1.54, 1.807) is 12.1 Å². The second-order valence-corrected chi connectivity index (χ2v) is 5.03. The molecule has 1 aromatic carbocycles. The first-order valence-electron chi connectivity index (χ1n) is 6.07. The van der Waals surface area contributed by atoms with E-state index in [1.165, 1.54) is 6.07 Å². The van der Waals surface area contributed by atoms with E-state index in [9.17, 15) is 4.39 Å². The molecule has 1 N–H and O–H groups in total. The van der Waals surface area contributed by atoms with Gasteiger partial charge in [0.25, 0.3) is 0 Å². The molecule has 1 atom stereocenters. The van der Waals surface area contributed by atoms with Gasteiger partial charge in [0.15, 0.2) is 0 Å². The lowest BCUT2D eigenvalue weighted by Gasteiger charge is -2.28. The summed E-state index contributed by atoms with van der Waals surface area (Å²) in [4.78, 5) is 1.95. The normalized spacial score (nSPS) is 12.9. The first-order valence-corrected chi connectivity index (χ1v) is 6.07. The third kappa shape index (κ3) is 3.70. The molecule has 0 aromatic heterocycles. The molecule has 0 amide bonds. The van der Waals surface area contributed by atoms with E-state index in [4.69, 9.17) is 5.11 Å². The molecule has 17 heavy (non-hydrogen) atoms. The predicted molar refractivity (Wildman–Crippen MR) is 69.6 cm³/mol. The van der Waals surface area contributed by atoms with Gasteiger partial charge in [-0.1, -0.05) is 19.9 Å². The summed E-state index contributed by atoms with van der Waals surface area (Å²) in [5.41, 5.74) is 1.20. The number of anilines is 1. The summed E-state index contributed by atoms with van der Waals surface area (Å²) in [6.07, 6.45) is 1.03. The Hall–Kier alpha value is -1.09. The molecule has 0 saturated heterocycles. The summed E-state index contributed by atoms with van der Waals surface area (Å²) in [5, 5.41) is 8.94. The predicted octanol–water partition coefficient (Wildman–Crippen LogP) is 3.19. The Bertz CT molecular complexity index is 365. The SMILES string of the molecule is CC(C)CC(C)N(C)c1ccc(CO)cc1F. The maximum Gasteiger partial charge on any atom is 0.146 e. The minimum Gasteiger partial charge on any atom is -0.392 e. The third-order valence-corrected chi connectivity index (χ3v) is 3.05. The summed E-state index contributed by atoms with van der Waals surface area (Å²) in [6, 6.07) is 5.19. The Kier molecular flexibility index (Phi) is 4.94. The minimum absolute atomic E-state index is 0.123. The van der Waals surface area contributed by atoms with Crippen molar-refractivity contribution in [2.75, 3.05) is 11.9 Å². The molecule has 0 fully saturated rings. The Labute approximate surface area is 103 Å². The van der Waals surface area contributed by atoms with Gasteiger partial charge in [-0.3, -0.25) is 0 Å². The highest BCUT2D eigenvalue weighted by Crippen LogP contribution is 2.23. The van der Waals surface area contributed by atoms with Crippen LogP contribution in [0.25, 0.3) is 0 Å². The third-order valence-electron chi connectivity index (χ3n) is 3.05. The molecule has 0 heterocycles. The molecule has 2 nitrogen and oxygen atoms in total. The molecule has 0 aliphatic heterocycles. The van der Waals surface area contributed by atoms with Crippen molar-refractivity contribution in [1.82, 2.24) is 0 Å². The summed E-state index contributed by atoms with van der Waals surface area (Å²) in [6.45, 7) is 6.30. The van der Waals surface area contributed by atoms with Gasteiger partial charge in [0, 0.05) is 13.1 Å². The van der Waals surface area contributed by atoms with Crippen molar-refractivity contribution in [2.45, 2.75) is 39.8 Å². The largest absolute Gasteiger partial charge is 0.392 e. The Morgan fingerprint density at radius 2 is 1.94 bits per heavy atom. The molecule has 0 bridgehead atoms. The van der Waals surface area contributed by atoms with E-state index >= 15 is 0 Å². The van der Waals surface area contributed by atoms with Crippen LogP contribution in [0.2, 0.25) is 0 Å². The lowest BCUT2D eigenvalue weighted by atomic mass is 10.0. The summed E-state index contributed by atoms with van der Waals surface area (Å²) in [5.74, 6) is 0.321. The van der Waals surface area contributed by atoms with Crippen LogP contribution in [0, 0.1) is 11.7 Å². The average Bonchev–Trinajstić information content (AvgIpc) is 2.27. The van der Waals surface area contributed by atoms with Crippen LogP contribution in [-0.2, 0) is 6.61 Å². The fourth-order valence-electron chi connectivity index (χ4n) is 2.01. The van der Waals surface area contributed by atoms with E-state index in [0.717, 1.165) is 6.42 Å². The van der Waals surface area contributed by atoms with Gasteiger partial charge >= 0.3 is 0 Å². The van der Waals surface area contributed by atoms with Crippen LogP contribution in [-0.4, -0.2) is 18.2 Å². The number of hydrogen-bond acceptors (Lipinski definition) is 2. The minimum atomic E-state index is -0.269. The van der Waals surface area contributed by atoms with Gasteiger partial charge in [0.2, 0.25) is 0 Å². The number of aliphatic hydroxyl groups excluding tert-OH is 1. The number of hydrogen-bond donors (Lipinski definition) is 1. The number of halogens is 1. The highest BCUT2D eigenvalue weighted by Gasteiger charge is 2.15. The molecular formula is C14H22FNO. The molecule has 1 unspecified atom stereocenters. The molecule has 1 aromatic rings. The Morgan fingerprint density at radius 1 is 1.29 bits per heavy atom. The maximum absolute atomic E-state index is 13.8. The highest BCUT2D eigenvalue weighted by atomic mass is 19.1. The second kappa shape index (κ2) is 6.01. The molecule has 0 spiro atoms. The van der Waals surface area contributed by atoms with Crippen LogP contribution in [0.3, 0.4) is 0 Å². The molecule has 0 radical (unpaired) electrons. The number of rotatable bonds is 5. The molecular weight excluding hydrogens is 217 g/mol. The van der Waals surface area contributed by atoms with Crippen LogP contribution in [0.5, 0.6) is 0 Å².